The predicted molar refractivity (Wildman–Crippen MR) is 52.1 cm³/mol. The van der Waals surface area contributed by atoms with Gasteiger partial charge in [-0.3, -0.25) is 0 Å². The Morgan fingerprint density at radius 3 is 2.07 bits per heavy atom. The normalized spacial score (nSPS) is 10.1. The van der Waals surface area contributed by atoms with Crippen LogP contribution in [0.15, 0.2) is 30.3 Å². The monoisotopic (exact) mass is 239 g/mol. The summed E-state index contributed by atoms with van der Waals surface area (Å²) in [7, 11) is -5.67. The molecule has 0 atom stereocenters. The zero-order valence-electron chi connectivity index (χ0n) is 7.77. The molecule has 0 saturated heterocycles. The van der Waals surface area contributed by atoms with E-state index in [1.165, 1.54) is 0 Å². The highest BCUT2D eigenvalue weighted by Crippen LogP contribution is 2.06. The molecule has 0 aliphatic heterocycles. The maximum absolute atomic E-state index is 9.99. The van der Waals surface area contributed by atoms with E-state index in [2.05, 4.69) is 0 Å². The number of rotatable bonds is 3. The number of hydrogen-bond donors (Lipinski definition) is 1. The van der Waals surface area contributed by atoms with Crippen molar-refractivity contribution in [3.8, 4) is 5.75 Å². The molecule has 0 heterocycles. The van der Waals surface area contributed by atoms with E-state index in [9.17, 15) is 7.77 Å². The molecule has 0 saturated carbocycles. The third kappa shape index (κ3) is 12.8. The van der Waals surface area contributed by atoms with E-state index in [0.717, 1.165) is 5.75 Å². The Morgan fingerprint density at radius 2 is 1.67 bits per heavy atom. The molecule has 86 valence electrons. The highest BCUT2D eigenvalue weighted by atomic mass is 32.3. The van der Waals surface area contributed by atoms with Crippen LogP contribution in [-0.2, 0) is 10.6 Å². The third-order valence-electron chi connectivity index (χ3n) is 1.13. The van der Waals surface area contributed by atoms with Gasteiger partial charge in [0, 0.05) is 6.54 Å². The summed E-state index contributed by atoms with van der Waals surface area (Å²) in [6, 6.07) is 9.65. The van der Waals surface area contributed by atoms with Gasteiger partial charge in [-0.2, -0.15) is 8.42 Å². The van der Waals surface area contributed by atoms with E-state index < -0.39 is 10.6 Å². The van der Waals surface area contributed by atoms with E-state index in [1.807, 2.05) is 30.3 Å². The standard InChI is InChI=1S/C8H11NO.F2O2S/c9-6-7-10-8-4-2-1-3-5-8;1-5(2,3)4/h1-5H,6-7,9H2;. The molecule has 0 aliphatic rings. The highest BCUT2D eigenvalue weighted by molar-refractivity contribution is 7.81. The van der Waals surface area contributed by atoms with Crippen LogP contribution in [0.4, 0.5) is 7.77 Å². The first kappa shape index (κ1) is 13.8. The van der Waals surface area contributed by atoms with Crippen molar-refractivity contribution in [2.75, 3.05) is 13.2 Å². The molecule has 0 bridgehead atoms. The Morgan fingerprint density at radius 1 is 1.20 bits per heavy atom. The van der Waals surface area contributed by atoms with Crippen LogP contribution >= 0.6 is 0 Å². The van der Waals surface area contributed by atoms with Crippen molar-refractivity contribution in [1.82, 2.24) is 0 Å². The molecule has 0 amide bonds. The largest absolute Gasteiger partial charge is 0.492 e. The van der Waals surface area contributed by atoms with Crippen molar-refractivity contribution < 1.29 is 20.9 Å². The number of nitrogens with two attached hydrogens (primary N) is 1. The minimum atomic E-state index is -5.67. The zero-order valence-corrected chi connectivity index (χ0v) is 8.58. The van der Waals surface area contributed by atoms with Gasteiger partial charge in [0.05, 0.1) is 0 Å². The molecule has 2 N–H and O–H groups in total. The second kappa shape index (κ2) is 7.13. The molecule has 1 rings (SSSR count). The Bertz CT molecular complexity index is 347. The molecular formula is C8H11F2NO3S. The minimum Gasteiger partial charge on any atom is -0.492 e. The van der Waals surface area contributed by atoms with Crippen LogP contribution in [0.5, 0.6) is 5.75 Å². The second-order valence-corrected chi connectivity index (χ2v) is 3.09. The smallest absolute Gasteiger partial charge is 0.476 e. The van der Waals surface area contributed by atoms with Crippen molar-refractivity contribution in [2.45, 2.75) is 0 Å². The van der Waals surface area contributed by atoms with E-state index in [-0.39, 0.29) is 0 Å². The first-order valence-electron chi connectivity index (χ1n) is 3.95. The van der Waals surface area contributed by atoms with Crippen LogP contribution in [0, 0.1) is 0 Å². The van der Waals surface area contributed by atoms with Crippen molar-refractivity contribution in [3.05, 3.63) is 30.3 Å². The first-order chi connectivity index (χ1) is 6.93. The van der Waals surface area contributed by atoms with E-state index >= 15 is 0 Å². The van der Waals surface area contributed by atoms with Gasteiger partial charge in [0.25, 0.3) is 0 Å². The lowest BCUT2D eigenvalue weighted by Gasteiger charge is -2.01. The summed E-state index contributed by atoms with van der Waals surface area (Å²) >= 11 is 0. The molecular weight excluding hydrogens is 228 g/mol. The predicted octanol–water partition coefficient (Wildman–Crippen LogP) is 1.19. The van der Waals surface area contributed by atoms with Crippen molar-refractivity contribution in [2.24, 2.45) is 5.73 Å². The van der Waals surface area contributed by atoms with E-state index in [0.29, 0.717) is 13.2 Å². The second-order valence-electron chi connectivity index (χ2n) is 2.33. The number of benzene rings is 1. The molecule has 0 unspecified atom stereocenters. The Kier molecular flexibility index (Phi) is 6.56. The molecule has 0 spiro atoms. The molecule has 1 aromatic carbocycles. The van der Waals surface area contributed by atoms with Gasteiger partial charge in [-0.05, 0) is 12.1 Å². The summed E-state index contributed by atoms with van der Waals surface area (Å²) < 4.78 is 41.8. The van der Waals surface area contributed by atoms with Crippen molar-refractivity contribution >= 4 is 10.6 Å². The molecule has 1 aromatic rings. The van der Waals surface area contributed by atoms with Crippen LogP contribution in [0.1, 0.15) is 0 Å². The van der Waals surface area contributed by atoms with Gasteiger partial charge in [0.2, 0.25) is 0 Å². The summed E-state index contributed by atoms with van der Waals surface area (Å²) in [5.41, 5.74) is 5.25. The van der Waals surface area contributed by atoms with E-state index in [4.69, 9.17) is 18.9 Å². The molecule has 0 fully saturated rings. The molecule has 4 nitrogen and oxygen atoms in total. The highest BCUT2D eigenvalue weighted by Gasteiger charge is 1.94. The quantitative estimate of drug-likeness (QED) is 0.804. The van der Waals surface area contributed by atoms with Crippen LogP contribution in [0.25, 0.3) is 0 Å². The Hall–Kier alpha value is -1.21. The number of para-hydroxylation sites is 1. The topological polar surface area (TPSA) is 69.4 Å². The van der Waals surface area contributed by atoms with Gasteiger partial charge in [0.15, 0.2) is 0 Å². The number of halogens is 2. The summed E-state index contributed by atoms with van der Waals surface area (Å²) in [6.07, 6.45) is 0. The van der Waals surface area contributed by atoms with Crippen LogP contribution in [-0.4, -0.2) is 21.6 Å². The maximum atomic E-state index is 9.99. The van der Waals surface area contributed by atoms with Gasteiger partial charge in [-0.25, -0.2) is 0 Å². The summed E-state index contributed by atoms with van der Waals surface area (Å²) in [6.45, 7) is 1.15. The average Bonchev–Trinajstić information content (AvgIpc) is 2.14. The number of hydrogen-bond acceptors (Lipinski definition) is 4. The Balaban J connectivity index is 0.000000336. The molecule has 0 aromatic heterocycles. The van der Waals surface area contributed by atoms with Gasteiger partial charge >= 0.3 is 10.6 Å². The van der Waals surface area contributed by atoms with Gasteiger partial charge < -0.3 is 10.5 Å². The lowest BCUT2D eigenvalue weighted by atomic mass is 10.3. The molecule has 0 aliphatic carbocycles. The van der Waals surface area contributed by atoms with Crippen LogP contribution < -0.4 is 10.5 Å². The summed E-state index contributed by atoms with van der Waals surface area (Å²) in [4.78, 5) is 0. The number of ether oxygens (including phenoxy) is 1. The van der Waals surface area contributed by atoms with Gasteiger partial charge in [-0.15, -0.1) is 0 Å². The van der Waals surface area contributed by atoms with Gasteiger partial charge in [0.1, 0.15) is 12.4 Å². The Labute approximate surface area is 87.2 Å². The summed E-state index contributed by atoms with van der Waals surface area (Å²) in [5, 5.41) is 0. The molecule has 15 heavy (non-hydrogen) atoms. The first-order valence-corrected chi connectivity index (χ1v) is 5.24. The van der Waals surface area contributed by atoms with Gasteiger partial charge in [-0.1, -0.05) is 26.0 Å². The SMILES string of the molecule is NCCOc1ccccc1.O=S(=O)(F)F. The minimum absolute atomic E-state index is 0.564. The fraction of sp³-hybridized carbons (Fsp3) is 0.250. The van der Waals surface area contributed by atoms with E-state index in [1.54, 1.807) is 0 Å². The average molecular weight is 239 g/mol. The fourth-order valence-corrected chi connectivity index (χ4v) is 0.693. The maximum Gasteiger partial charge on any atom is 0.476 e. The van der Waals surface area contributed by atoms with Crippen LogP contribution in [0.2, 0.25) is 0 Å². The van der Waals surface area contributed by atoms with Crippen molar-refractivity contribution in [3.63, 3.8) is 0 Å². The fourth-order valence-electron chi connectivity index (χ4n) is 0.693. The third-order valence-corrected chi connectivity index (χ3v) is 1.13. The lowest BCUT2D eigenvalue weighted by Crippen LogP contribution is -2.10. The van der Waals surface area contributed by atoms with Crippen LogP contribution in [0.3, 0.4) is 0 Å². The zero-order chi connectivity index (χ0) is 11.7. The lowest BCUT2D eigenvalue weighted by molar-refractivity contribution is 0.328. The summed E-state index contributed by atoms with van der Waals surface area (Å²) in [5.74, 6) is 0.882. The van der Waals surface area contributed by atoms with Crippen molar-refractivity contribution in [1.29, 1.82) is 0 Å². The molecule has 0 radical (unpaired) electrons. The molecule has 7 heteroatoms.